The van der Waals surface area contributed by atoms with Crippen LogP contribution in [0.1, 0.15) is 12.7 Å². The summed E-state index contributed by atoms with van der Waals surface area (Å²) in [6.07, 6.45) is 0.0961. The Morgan fingerprint density at radius 2 is 2.42 bits per heavy atom. The second-order valence-corrected chi connectivity index (χ2v) is 2.53. The summed E-state index contributed by atoms with van der Waals surface area (Å²) in [7, 11) is 1.65. The summed E-state index contributed by atoms with van der Waals surface area (Å²) in [5, 5.41) is 11.0. The second kappa shape index (κ2) is 4.13. The molecular weight excluding hydrogens is 158 g/mol. The first kappa shape index (κ1) is 9.08. The number of methoxy groups -OCH3 is 1. The Kier molecular flexibility index (Phi) is 3.12. The van der Waals surface area contributed by atoms with E-state index in [-0.39, 0.29) is 6.10 Å². The maximum absolute atomic E-state index is 5.41. The van der Waals surface area contributed by atoms with Crippen LogP contribution < -0.4 is 5.73 Å². The molecule has 6 heteroatoms. The summed E-state index contributed by atoms with van der Waals surface area (Å²) < 4.78 is 6.71. The van der Waals surface area contributed by atoms with Crippen molar-refractivity contribution in [3.63, 3.8) is 0 Å². The quantitative estimate of drug-likeness (QED) is 0.639. The number of rotatable bonds is 4. The van der Waals surface area contributed by atoms with Crippen LogP contribution in [0.5, 0.6) is 0 Å². The fourth-order valence-corrected chi connectivity index (χ4v) is 0.829. The molecule has 12 heavy (non-hydrogen) atoms. The molecule has 68 valence electrons. The summed E-state index contributed by atoms with van der Waals surface area (Å²) in [6, 6.07) is 0. The van der Waals surface area contributed by atoms with Crippen LogP contribution in [0.2, 0.25) is 0 Å². The van der Waals surface area contributed by atoms with Gasteiger partial charge in [-0.25, -0.2) is 4.68 Å². The summed E-state index contributed by atoms with van der Waals surface area (Å²) >= 11 is 0. The molecule has 0 fully saturated rings. The third-order valence-electron chi connectivity index (χ3n) is 1.62. The van der Waals surface area contributed by atoms with E-state index in [1.807, 2.05) is 6.92 Å². The highest BCUT2D eigenvalue weighted by molar-refractivity contribution is 4.78. The second-order valence-electron chi connectivity index (χ2n) is 2.53. The number of tetrazole rings is 1. The molecule has 0 aliphatic carbocycles. The monoisotopic (exact) mass is 171 g/mol. The van der Waals surface area contributed by atoms with E-state index in [2.05, 4.69) is 15.5 Å². The lowest BCUT2D eigenvalue weighted by Gasteiger charge is -2.08. The zero-order valence-electron chi connectivity index (χ0n) is 7.27. The Morgan fingerprint density at radius 3 is 3.00 bits per heavy atom. The first-order valence-electron chi connectivity index (χ1n) is 3.75. The number of ether oxygens (including phenoxy) is 1. The van der Waals surface area contributed by atoms with Crippen molar-refractivity contribution in [2.75, 3.05) is 7.11 Å². The van der Waals surface area contributed by atoms with Crippen molar-refractivity contribution in [2.24, 2.45) is 5.73 Å². The Bertz CT molecular complexity index is 236. The standard InChI is InChI=1S/C6H13N5O/c1-5(12-2)4-11-6(3-7)8-9-10-11/h5H,3-4,7H2,1-2H3. The molecule has 0 saturated heterocycles. The zero-order chi connectivity index (χ0) is 8.97. The third-order valence-corrected chi connectivity index (χ3v) is 1.62. The van der Waals surface area contributed by atoms with E-state index in [1.165, 1.54) is 0 Å². The van der Waals surface area contributed by atoms with E-state index in [1.54, 1.807) is 11.8 Å². The Labute approximate surface area is 70.7 Å². The van der Waals surface area contributed by atoms with Crippen molar-refractivity contribution in [3.05, 3.63) is 5.82 Å². The minimum atomic E-state index is 0.0961. The van der Waals surface area contributed by atoms with Crippen molar-refractivity contribution >= 4 is 0 Å². The predicted octanol–water partition coefficient (Wildman–Crippen LogP) is -0.833. The molecule has 0 saturated carbocycles. The normalized spacial score (nSPS) is 13.2. The molecule has 0 radical (unpaired) electrons. The Balaban J connectivity index is 2.61. The molecule has 1 heterocycles. The third kappa shape index (κ3) is 1.99. The molecule has 2 N–H and O–H groups in total. The van der Waals surface area contributed by atoms with Gasteiger partial charge in [0.1, 0.15) is 0 Å². The molecule has 1 aromatic rings. The largest absolute Gasteiger partial charge is 0.380 e. The SMILES string of the molecule is COC(C)Cn1nnnc1CN. The zero-order valence-corrected chi connectivity index (χ0v) is 7.27. The molecule has 0 aromatic carbocycles. The van der Waals surface area contributed by atoms with Crippen LogP contribution in [0.15, 0.2) is 0 Å². The van der Waals surface area contributed by atoms with E-state index in [4.69, 9.17) is 10.5 Å². The van der Waals surface area contributed by atoms with E-state index >= 15 is 0 Å². The van der Waals surface area contributed by atoms with Gasteiger partial charge in [0.15, 0.2) is 5.82 Å². The number of aromatic nitrogens is 4. The molecular formula is C6H13N5O. The summed E-state index contributed by atoms with van der Waals surface area (Å²) in [4.78, 5) is 0. The summed E-state index contributed by atoms with van der Waals surface area (Å²) in [6.45, 7) is 2.93. The maximum Gasteiger partial charge on any atom is 0.164 e. The van der Waals surface area contributed by atoms with E-state index in [0.717, 1.165) is 0 Å². The average molecular weight is 171 g/mol. The lowest BCUT2D eigenvalue weighted by molar-refractivity contribution is 0.0984. The van der Waals surface area contributed by atoms with Crippen LogP contribution in [-0.2, 0) is 17.8 Å². The minimum absolute atomic E-state index is 0.0961. The fourth-order valence-electron chi connectivity index (χ4n) is 0.829. The highest BCUT2D eigenvalue weighted by Crippen LogP contribution is 1.95. The number of nitrogens with two attached hydrogens (primary N) is 1. The average Bonchev–Trinajstić information content (AvgIpc) is 2.51. The van der Waals surface area contributed by atoms with Crippen molar-refractivity contribution in [1.82, 2.24) is 20.2 Å². The molecule has 1 unspecified atom stereocenters. The van der Waals surface area contributed by atoms with Crippen LogP contribution in [-0.4, -0.2) is 33.4 Å². The molecule has 0 spiro atoms. The molecule has 0 bridgehead atoms. The van der Waals surface area contributed by atoms with Crippen molar-refractivity contribution in [3.8, 4) is 0 Å². The van der Waals surface area contributed by atoms with Crippen LogP contribution in [0.25, 0.3) is 0 Å². The molecule has 0 aliphatic rings. The smallest absolute Gasteiger partial charge is 0.164 e. The minimum Gasteiger partial charge on any atom is -0.380 e. The number of hydrogen-bond acceptors (Lipinski definition) is 5. The van der Waals surface area contributed by atoms with Gasteiger partial charge in [0.25, 0.3) is 0 Å². The van der Waals surface area contributed by atoms with Gasteiger partial charge in [0, 0.05) is 7.11 Å². The highest BCUT2D eigenvalue weighted by atomic mass is 16.5. The molecule has 1 atom stereocenters. The maximum atomic E-state index is 5.41. The van der Waals surface area contributed by atoms with E-state index in [9.17, 15) is 0 Å². The number of hydrogen-bond donors (Lipinski definition) is 1. The number of nitrogens with zero attached hydrogens (tertiary/aromatic N) is 4. The van der Waals surface area contributed by atoms with E-state index < -0.39 is 0 Å². The van der Waals surface area contributed by atoms with Crippen molar-refractivity contribution in [1.29, 1.82) is 0 Å². The van der Waals surface area contributed by atoms with Gasteiger partial charge < -0.3 is 10.5 Å². The van der Waals surface area contributed by atoms with Gasteiger partial charge in [-0.3, -0.25) is 0 Å². The van der Waals surface area contributed by atoms with Crippen molar-refractivity contribution in [2.45, 2.75) is 26.1 Å². The summed E-state index contributed by atoms with van der Waals surface area (Å²) in [5.41, 5.74) is 5.41. The lowest BCUT2D eigenvalue weighted by atomic mass is 10.4. The Hall–Kier alpha value is -1.01. The van der Waals surface area contributed by atoms with Gasteiger partial charge in [0.2, 0.25) is 0 Å². The molecule has 6 nitrogen and oxygen atoms in total. The van der Waals surface area contributed by atoms with Gasteiger partial charge >= 0.3 is 0 Å². The van der Waals surface area contributed by atoms with Gasteiger partial charge in [0.05, 0.1) is 19.2 Å². The molecule has 1 rings (SSSR count). The predicted molar refractivity (Wildman–Crippen MR) is 42.2 cm³/mol. The van der Waals surface area contributed by atoms with Gasteiger partial charge in [-0.15, -0.1) is 5.10 Å². The van der Waals surface area contributed by atoms with E-state index in [0.29, 0.717) is 18.9 Å². The first-order valence-corrected chi connectivity index (χ1v) is 3.75. The van der Waals surface area contributed by atoms with Gasteiger partial charge in [-0.1, -0.05) is 0 Å². The van der Waals surface area contributed by atoms with Crippen molar-refractivity contribution < 1.29 is 4.74 Å². The summed E-state index contributed by atoms with van der Waals surface area (Å²) in [5.74, 6) is 0.680. The van der Waals surface area contributed by atoms with Gasteiger partial charge in [-0.2, -0.15) is 0 Å². The van der Waals surface area contributed by atoms with Crippen LogP contribution in [0, 0.1) is 0 Å². The van der Waals surface area contributed by atoms with Gasteiger partial charge in [-0.05, 0) is 17.4 Å². The first-order chi connectivity index (χ1) is 5.77. The Morgan fingerprint density at radius 1 is 1.67 bits per heavy atom. The van der Waals surface area contributed by atoms with Crippen LogP contribution in [0.3, 0.4) is 0 Å². The van der Waals surface area contributed by atoms with Crippen LogP contribution in [0.4, 0.5) is 0 Å². The fraction of sp³-hybridized carbons (Fsp3) is 0.833. The molecule has 1 aromatic heterocycles. The lowest BCUT2D eigenvalue weighted by Crippen LogP contribution is -2.19. The molecule has 0 amide bonds. The highest BCUT2D eigenvalue weighted by Gasteiger charge is 2.06. The topological polar surface area (TPSA) is 78.8 Å². The van der Waals surface area contributed by atoms with Crippen LogP contribution >= 0.6 is 0 Å². The molecule has 0 aliphatic heterocycles.